The van der Waals surface area contributed by atoms with E-state index >= 15 is 0 Å². The summed E-state index contributed by atoms with van der Waals surface area (Å²) in [5.41, 5.74) is 1.09. The molecule has 1 aliphatic heterocycles. The molecule has 0 aliphatic carbocycles. The molecule has 3 rings (SSSR count). The summed E-state index contributed by atoms with van der Waals surface area (Å²) in [6.07, 6.45) is 3.85. The predicted molar refractivity (Wildman–Crippen MR) is 93.0 cm³/mol. The van der Waals surface area contributed by atoms with Gasteiger partial charge in [-0.15, -0.1) is 10.2 Å². The zero-order chi connectivity index (χ0) is 17.2. The highest BCUT2D eigenvalue weighted by Gasteiger charge is 2.26. The van der Waals surface area contributed by atoms with Gasteiger partial charge >= 0.3 is 6.03 Å². The Morgan fingerprint density at radius 2 is 2.29 bits per heavy atom. The van der Waals surface area contributed by atoms with Crippen LogP contribution in [0, 0.1) is 0 Å². The van der Waals surface area contributed by atoms with Crippen molar-refractivity contribution < 1.29 is 4.79 Å². The number of rotatable bonds is 3. The van der Waals surface area contributed by atoms with Gasteiger partial charge in [0.05, 0.1) is 6.54 Å². The molecule has 2 aromatic rings. The molecule has 0 aromatic carbocycles. The Balaban J connectivity index is 1.54. The number of nitrogens with one attached hydrogen (secondary N) is 2. The molecule has 2 amide bonds. The van der Waals surface area contributed by atoms with Gasteiger partial charge < -0.3 is 10.2 Å². The number of hydrogen-bond donors (Lipinski definition) is 2. The number of carbonyl (C=O) groups excluding carboxylic acids is 1. The van der Waals surface area contributed by atoms with E-state index in [9.17, 15) is 4.79 Å². The average Bonchev–Trinajstić information content (AvgIpc) is 3.23. The van der Waals surface area contributed by atoms with Crippen LogP contribution in [0.1, 0.15) is 55.2 Å². The first kappa shape index (κ1) is 16.9. The third kappa shape index (κ3) is 3.92. The van der Waals surface area contributed by atoms with Crippen molar-refractivity contribution in [2.45, 2.75) is 51.5 Å². The topological polar surface area (TPSA) is 86.8 Å². The minimum atomic E-state index is -0.0354. The molecule has 1 saturated heterocycles. The molecule has 0 unspecified atom stereocenters. The van der Waals surface area contributed by atoms with Crippen LogP contribution in [0.25, 0.3) is 0 Å². The third-order valence-electron chi connectivity index (χ3n) is 4.17. The van der Waals surface area contributed by atoms with E-state index in [1.807, 2.05) is 11.0 Å². The quantitative estimate of drug-likeness (QED) is 0.893. The van der Waals surface area contributed by atoms with E-state index in [0.29, 0.717) is 12.5 Å². The van der Waals surface area contributed by atoms with Gasteiger partial charge in [0.2, 0.25) is 0 Å². The van der Waals surface area contributed by atoms with Gasteiger partial charge in [-0.25, -0.2) is 4.79 Å². The van der Waals surface area contributed by atoms with Crippen LogP contribution >= 0.6 is 11.3 Å². The summed E-state index contributed by atoms with van der Waals surface area (Å²) in [7, 11) is 0. The largest absolute Gasteiger partial charge is 0.331 e. The number of carbonyl (C=O) groups is 1. The van der Waals surface area contributed by atoms with Crippen molar-refractivity contribution in [3.05, 3.63) is 28.0 Å². The number of nitrogens with zero attached hydrogens (tertiary/aromatic N) is 4. The SMILES string of the molecule is CC(C)(C)c1nnc(CNC(=O)N2CCC[C@H](c3ccn[nH]3)C2)s1. The molecular formula is C16H24N6OS. The molecule has 1 fully saturated rings. The highest BCUT2D eigenvalue weighted by atomic mass is 32.1. The van der Waals surface area contributed by atoms with Crippen molar-refractivity contribution in [2.24, 2.45) is 0 Å². The van der Waals surface area contributed by atoms with Gasteiger partial charge in [0.15, 0.2) is 0 Å². The number of aromatic amines is 1. The van der Waals surface area contributed by atoms with Crippen LogP contribution in [-0.2, 0) is 12.0 Å². The Kier molecular flexibility index (Phi) is 4.84. The number of amides is 2. The van der Waals surface area contributed by atoms with Crippen LogP contribution < -0.4 is 5.32 Å². The fraction of sp³-hybridized carbons (Fsp3) is 0.625. The van der Waals surface area contributed by atoms with Crippen LogP contribution in [-0.4, -0.2) is 44.4 Å². The van der Waals surface area contributed by atoms with Gasteiger partial charge in [-0.2, -0.15) is 5.10 Å². The summed E-state index contributed by atoms with van der Waals surface area (Å²) >= 11 is 1.56. The van der Waals surface area contributed by atoms with E-state index in [1.165, 1.54) is 0 Å². The maximum Gasteiger partial charge on any atom is 0.317 e. The van der Waals surface area contributed by atoms with Gasteiger partial charge in [-0.1, -0.05) is 32.1 Å². The Hall–Kier alpha value is -1.96. The fourth-order valence-electron chi connectivity index (χ4n) is 2.80. The number of urea groups is 1. The van der Waals surface area contributed by atoms with Gasteiger partial charge in [-0.3, -0.25) is 5.10 Å². The molecular weight excluding hydrogens is 324 g/mol. The third-order valence-corrected chi connectivity index (χ3v) is 5.52. The highest BCUT2D eigenvalue weighted by Crippen LogP contribution is 2.26. The number of piperidine rings is 1. The lowest BCUT2D eigenvalue weighted by Crippen LogP contribution is -2.44. The van der Waals surface area contributed by atoms with Crippen LogP contribution in [0.4, 0.5) is 4.79 Å². The summed E-state index contributed by atoms with van der Waals surface area (Å²) in [5.74, 6) is 0.334. The Morgan fingerprint density at radius 1 is 1.46 bits per heavy atom. The summed E-state index contributed by atoms with van der Waals surface area (Å²) in [6.45, 7) is 8.27. The first-order valence-corrected chi connectivity index (χ1v) is 9.10. The van der Waals surface area contributed by atoms with Crippen molar-refractivity contribution in [2.75, 3.05) is 13.1 Å². The van der Waals surface area contributed by atoms with E-state index in [-0.39, 0.29) is 11.4 Å². The molecule has 3 heterocycles. The molecule has 24 heavy (non-hydrogen) atoms. The van der Waals surface area contributed by atoms with Gasteiger partial charge in [-0.05, 0) is 18.9 Å². The molecule has 2 N–H and O–H groups in total. The van der Waals surface area contributed by atoms with E-state index < -0.39 is 0 Å². The molecule has 2 aromatic heterocycles. The minimum absolute atomic E-state index is 0.00983. The van der Waals surface area contributed by atoms with Crippen molar-refractivity contribution in [1.82, 2.24) is 30.6 Å². The van der Waals surface area contributed by atoms with Crippen molar-refractivity contribution in [3.8, 4) is 0 Å². The lowest BCUT2D eigenvalue weighted by molar-refractivity contribution is 0.178. The summed E-state index contributed by atoms with van der Waals surface area (Å²) in [6, 6.07) is 1.95. The fourth-order valence-corrected chi connectivity index (χ4v) is 3.64. The van der Waals surface area contributed by atoms with Crippen LogP contribution in [0.5, 0.6) is 0 Å². The molecule has 0 spiro atoms. The lowest BCUT2D eigenvalue weighted by atomic mass is 9.95. The second-order valence-corrected chi connectivity index (χ2v) is 8.27. The first-order valence-electron chi connectivity index (χ1n) is 8.28. The van der Waals surface area contributed by atoms with Gasteiger partial charge in [0, 0.05) is 36.3 Å². The van der Waals surface area contributed by atoms with E-state index in [4.69, 9.17) is 0 Å². The monoisotopic (exact) mass is 348 g/mol. The molecule has 1 atom stereocenters. The second-order valence-electron chi connectivity index (χ2n) is 7.21. The smallest absolute Gasteiger partial charge is 0.317 e. The standard InChI is InChI=1S/C16H24N6OS/c1-16(2,3)14-21-20-13(24-14)9-17-15(23)22-8-4-5-11(10-22)12-6-7-18-19-12/h6-7,11H,4-5,8-10H2,1-3H3,(H,17,23)(H,18,19)/t11-/m0/s1. The second kappa shape index (κ2) is 6.88. The number of hydrogen-bond acceptors (Lipinski definition) is 5. The zero-order valence-corrected chi connectivity index (χ0v) is 15.2. The van der Waals surface area contributed by atoms with Crippen molar-refractivity contribution in [1.29, 1.82) is 0 Å². The summed E-state index contributed by atoms with van der Waals surface area (Å²) in [5, 5.41) is 20.2. The van der Waals surface area contributed by atoms with Gasteiger partial charge in [0.25, 0.3) is 0 Å². The van der Waals surface area contributed by atoms with Crippen molar-refractivity contribution in [3.63, 3.8) is 0 Å². The number of aromatic nitrogens is 4. The number of likely N-dealkylation sites (tertiary alicyclic amines) is 1. The maximum atomic E-state index is 12.4. The summed E-state index contributed by atoms with van der Waals surface area (Å²) < 4.78 is 0. The average molecular weight is 348 g/mol. The van der Waals surface area contributed by atoms with E-state index in [1.54, 1.807) is 17.5 Å². The van der Waals surface area contributed by atoms with E-state index in [0.717, 1.165) is 41.6 Å². The molecule has 1 aliphatic rings. The van der Waals surface area contributed by atoms with Crippen LogP contribution in [0.2, 0.25) is 0 Å². The number of H-pyrrole nitrogens is 1. The molecule has 130 valence electrons. The maximum absolute atomic E-state index is 12.4. The van der Waals surface area contributed by atoms with Crippen molar-refractivity contribution >= 4 is 17.4 Å². The normalized spacial score (nSPS) is 18.6. The lowest BCUT2D eigenvalue weighted by Gasteiger charge is -2.32. The summed E-state index contributed by atoms with van der Waals surface area (Å²) in [4.78, 5) is 14.3. The Bertz CT molecular complexity index is 675. The highest BCUT2D eigenvalue weighted by molar-refractivity contribution is 7.11. The van der Waals surface area contributed by atoms with E-state index in [2.05, 4.69) is 46.5 Å². The first-order chi connectivity index (χ1) is 11.4. The van der Waals surface area contributed by atoms with Crippen LogP contribution in [0.3, 0.4) is 0 Å². The Morgan fingerprint density at radius 3 is 2.96 bits per heavy atom. The molecule has 7 nitrogen and oxygen atoms in total. The van der Waals surface area contributed by atoms with Gasteiger partial charge in [0.1, 0.15) is 10.0 Å². The molecule has 8 heteroatoms. The Labute approximate surface area is 145 Å². The molecule has 0 bridgehead atoms. The predicted octanol–water partition coefficient (Wildman–Crippen LogP) is 2.65. The zero-order valence-electron chi connectivity index (χ0n) is 14.4. The minimum Gasteiger partial charge on any atom is -0.331 e. The molecule has 0 saturated carbocycles. The van der Waals surface area contributed by atoms with Crippen LogP contribution in [0.15, 0.2) is 12.3 Å². The molecule has 0 radical (unpaired) electrons.